The van der Waals surface area contributed by atoms with Gasteiger partial charge < -0.3 is 4.74 Å². The number of alkyl halides is 3. The van der Waals surface area contributed by atoms with Crippen molar-refractivity contribution in [3.63, 3.8) is 0 Å². The number of hydrogen-bond acceptors (Lipinski definition) is 1. The van der Waals surface area contributed by atoms with Crippen LogP contribution >= 0.6 is 0 Å². The van der Waals surface area contributed by atoms with Gasteiger partial charge in [-0.3, -0.25) is 0 Å². The zero-order valence-corrected chi connectivity index (χ0v) is 36.5. The van der Waals surface area contributed by atoms with Crippen LogP contribution in [0.4, 0.5) is 48.3 Å². The fourth-order valence-corrected chi connectivity index (χ4v) is 10.4. The van der Waals surface area contributed by atoms with E-state index in [-0.39, 0.29) is 29.6 Å². The Labute approximate surface area is 366 Å². The Kier molecular flexibility index (Phi) is 19.3. The number of allylic oxidation sites excluding steroid dienone is 5. The molecule has 0 amide bonds. The van der Waals surface area contributed by atoms with Gasteiger partial charge in [0.25, 0.3) is 0 Å². The molecule has 0 saturated heterocycles. The summed E-state index contributed by atoms with van der Waals surface area (Å²) in [5.74, 6) is -6.21. The third-order valence-corrected chi connectivity index (χ3v) is 14.1. The van der Waals surface area contributed by atoms with Crippen molar-refractivity contribution in [2.45, 2.75) is 160 Å². The normalized spacial score (nSPS) is 28.1. The molecule has 0 heterocycles. The van der Waals surface area contributed by atoms with Crippen molar-refractivity contribution in [1.82, 2.24) is 0 Å². The molecule has 6 rings (SSSR count). The summed E-state index contributed by atoms with van der Waals surface area (Å²) in [4.78, 5) is 0. The molecule has 4 aliphatic carbocycles. The Bertz CT molecular complexity index is 1830. The van der Waals surface area contributed by atoms with Crippen molar-refractivity contribution >= 4 is 5.83 Å². The fourth-order valence-electron chi connectivity index (χ4n) is 10.4. The first kappa shape index (κ1) is 50.4. The zero-order valence-electron chi connectivity index (χ0n) is 36.5. The summed E-state index contributed by atoms with van der Waals surface area (Å²) in [6, 6.07) is 12.3. The standard InChI is InChI=1S/C26H31F7.C25H32F4O/c1-2-3-16-4-6-19(7-5-16)22(27)23(28)20-12-8-17(9-13-20)18-10-14-21(15-11-18)24(29)25(30)26(31,32)33;1-2-3-17-4-6-20(7-5-17)24(28)25(29)21-10-8-18(9-11-21)19-12-14-22(15-13-19)30-16-23(26)27/h10-11,14-17,19-20H,2-9,12-13H2,1H3;12-18,20-21H,2-11H2,1H3/b23-22+,25-24+;25-24+. The van der Waals surface area contributed by atoms with Crippen LogP contribution in [-0.4, -0.2) is 6.18 Å². The van der Waals surface area contributed by atoms with Gasteiger partial charge >= 0.3 is 12.3 Å². The summed E-state index contributed by atoms with van der Waals surface area (Å²) in [7, 11) is 0. The highest BCUT2D eigenvalue weighted by molar-refractivity contribution is 5.62. The highest BCUT2D eigenvalue weighted by Gasteiger charge is 2.39. The van der Waals surface area contributed by atoms with E-state index < -0.39 is 58.7 Å². The number of hydrogen-bond donors (Lipinski definition) is 0. The molecule has 0 radical (unpaired) electrons. The maximum Gasteiger partial charge on any atom is 0.445 e. The van der Waals surface area contributed by atoms with Gasteiger partial charge in [-0.2, -0.15) is 26.3 Å². The highest BCUT2D eigenvalue weighted by atomic mass is 19.4. The van der Waals surface area contributed by atoms with Crippen molar-refractivity contribution in [2.24, 2.45) is 35.5 Å². The van der Waals surface area contributed by atoms with Gasteiger partial charge in [-0.25, -0.2) is 22.0 Å². The van der Waals surface area contributed by atoms with Crippen molar-refractivity contribution in [3.8, 4) is 5.75 Å². The van der Waals surface area contributed by atoms with Gasteiger partial charge in [0.1, 0.15) is 29.1 Å². The molecule has 63 heavy (non-hydrogen) atoms. The van der Waals surface area contributed by atoms with Gasteiger partial charge in [0.15, 0.2) is 12.1 Å². The number of halogens is 11. The minimum atomic E-state index is -5.37. The molecule has 2 aromatic carbocycles. The minimum Gasteiger partial charge on any atom is -0.459 e. The van der Waals surface area contributed by atoms with Crippen LogP contribution in [0.2, 0.25) is 0 Å². The summed E-state index contributed by atoms with van der Waals surface area (Å²) < 4.78 is 152. The van der Waals surface area contributed by atoms with Gasteiger partial charge in [0, 0.05) is 29.2 Å². The molecule has 0 N–H and O–H groups in total. The van der Waals surface area contributed by atoms with Gasteiger partial charge in [-0.1, -0.05) is 75.9 Å². The number of rotatable bonds is 13. The van der Waals surface area contributed by atoms with E-state index in [2.05, 4.69) is 13.8 Å². The Morgan fingerprint density at radius 3 is 1.14 bits per heavy atom. The smallest absolute Gasteiger partial charge is 0.445 e. The molecule has 4 aliphatic rings. The first-order valence-corrected chi connectivity index (χ1v) is 23.2. The van der Waals surface area contributed by atoms with E-state index in [4.69, 9.17) is 4.74 Å². The first-order chi connectivity index (χ1) is 30.1. The lowest BCUT2D eigenvalue weighted by Crippen LogP contribution is -2.19. The lowest BCUT2D eigenvalue weighted by Gasteiger charge is -2.31. The fraction of sp³-hybridized carbons (Fsp3) is 0.608. The van der Waals surface area contributed by atoms with E-state index in [1.165, 1.54) is 18.6 Å². The predicted molar refractivity (Wildman–Crippen MR) is 228 cm³/mol. The Hall–Kier alpha value is -3.57. The topological polar surface area (TPSA) is 9.23 Å². The average molecular weight is 901 g/mol. The molecule has 12 heteroatoms. The number of benzene rings is 2. The molecule has 350 valence electrons. The molecule has 1 nitrogen and oxygen atoms in total. The third-order valence-electron chi connectivity index (χ3n) is 14.1. The summed E-state index contributed by atoms with van der Waals surface area (Å²) in [5, 5.41) is 0. The van der Waals surface area contributed by atoms with Crippen molar-refractivity contribution < 1.29 is 53.0 Å². The van der Waals surface area contributed by atoms with E-state index in [0.29, 0.717) is 75.2 Å². The summed E-state index contributed by atoms with van der Waals surface area (Å²) >= 11 is 0. The average Bonchev–Trinajstić information content (AvgIpc) is 3.30. The Morgan fingerprint density at radius 2 is 0.825 bits per heavy atom. The van der Waals surface area contributed by atoms with Gasteiger partial charge in [0.2, 0.25) is 5.83 Å². The quantitative estimate of drug-likeness (QED) is 0.144. The summed E-state index contributed by atoms with van der Waals surface area (Å²) in [6.45, 7) is 4.32. The van der Waals surface area contributed by atoms with Gasteiger partial charge in [-0.15, -0.1) is 0 Å². The van der Waals surface area contributed by atoms with E-state index in [0.717, 1.165) is 93.9 Å². The van der Waals surface area contributed by atoms with E-state index in [9.17, 15) is 48.3 Å². The van der Waals surface area contributed by atoms with Gasteiger partial charge in [-0.05, 0) is 150 Å². The van der Waals surface area contributed by atoms with E-state index in [1.807, 2.05) is 12.1 Å². The molecule has 0 spiro atoms. The van der Waals surface area contributed by atoms with Crippen LogP contribution < -0.4 is 4.74 Å². The molecule has 4 saturated carbocycles. The lowest BCUT2D eigenvalue weighted by atomic mass is 9.76. The SMILES string of the molecule is CCCC1CCC(/C(F)=C(\F)C2CCC(c3ccc(/C(F)=C(\F)C(F)(F)F)cc3)CC2)CC1.CCCC1CCC(/C(F)=C(\F)C2CCC(c3ccc(OC=C(F)F)cc3)CC2)CC1. The minimum absolute atomic E-state index is 0.0233. The molecule has 0 aromatic heterocycles. The van der Waals surface area contributed by atoms with Crippen LogP contribution in [0.3, 0.4) is 0 Å². The summed E-state index contributed by atoms with van der Waals surface area (Å²) in [5.41, 5.74) is 1.38. The molecular formula is C51H63F11O. The molecular weight excluding hydrogens is 838 g/mol. The summed E-state index contributed by atoms with van der Waals surface area (Å²) in [6.07, 6.45) is 9.69. The van der Waals surface area contributed by atoms with Crippen LogP contribution in [0.1, 0.15) is 171 Å². The second-order valence-electron chi connectivity index (χ2n) is 18.3. The molecule has 0 unspecified atom stereocenters. The molecule has 2 aromatic rings. The van der Waals surface area contributed by atoms with Crippen LogP contribution in [-0.2, 0) is 0 Å². The Morgan fingerprint density at radius 1 is 0.492 bits per heavy atom. The number of ether oxygens (including phenoxy) is 1. The second kappa shape index (κ2) is 24.1. The van der Waals surface area contributed by atoms with Crippen LogP contribution in [0.5, 0.6) is 5.75 Å². The molecule has 0 atom stereocenters. The molecule has 0 bridgehead atoms. The van der Waals surface area contributed by atoms with Crippen LogP contribution in [0.15, 0.2) is 90.0 Å². The Balaban J connectivity index is 0.000000239. The van der Waals surface area contributed by atoms with Crippen molar-refractivity contribution in [3.05, 3.63) is 107 Å². The predicted octanol–water partition coefficient (Wildman–Crippen LogP) is 18.7. The molecule has 0 aliphatic heterocycles. The largest absolute Gasteiger partial charge is 0.459 e. The zero-order chi connectivity index (χ0) is 45.7. The second-order valence-corrected chi connectivity index (χ2v) is 18.3. The maximum atomic E-state index is 14.9. The van der Waals surface area contributed by atoms with Crippen LogP contribution in [0.25, 0.3) is 5.83 Å². The van der Waals surface area contributed by atoms with Crippen molar-refractivity contribution in [2.75, 3.05) is 0 Å². The van der Waals surface area contributed by atoms with Crippen LogP contribution in [0, 0.1) is 35.5 Å². The highest BCUT2D eigenvalue weighted by Crippen LogP contribution is 2.46. The van der Waals surface area contributed by atoms with E-state index >= 15 is 0 Å². The third kappa shape index (κ3) is 14.5. The maximum absolute atomic E-state index is 14.9. The van der Waals surface area contributed by atoms with Gasteiger partial charge in [0.05, 0.1) is 0 Å². The van der Waals surface area contributed by atoms with E-state index in [1.54, 1.807) is 12.1 Å². The molecule has 4 fully saturated rings. The lowest BCUT2D eigenvalue weighted by molar-refractivity contribution is -0.108. The first-order valence-electron chi connectivity index (χ1n) is 23.2. The van der Waals surface area contributed by atoms with Crippen molar-refractivity contribution in [1.29, 1.82) is 0 Å². The monoisotopic (exact) mass is 900 g/mol.